The van der Waals surface area contributed by atoms with E-state index in [9.17, 15) is 8.90 Å². The summed E-state index contributed by atoms with van der Waals surface area (Å²) in [6.45, 7) is 3.91. The third-order valence-corrected chi connectivity index (χ3v) is 5.03. The maximum absolute atomic E-state index is 13.5. The number of hydrogen-bond donors (Lipinski definition) is 1. The van der Waals surface area contributed by atoms with Crippen LogP contribution in [0.15, 0.2) is 54.6 Å². The first-order valence-corrected chi connectivity index (χ1v) is 10.7. The van der Waals surface area contributed by atoms with Gasteiger partial charge >= 0.3 is 0 Å². The fourth-order valence-electron chi connectivity index (χ4n) is 2.26. The average Bonchev–Trinajstić information content (AvgIpc) is 2.51. The molecule has 0 spiro atoms. The van der Waals surface area contributed by atoms with E-state index in [-0.39, 0.29) is 5.91 Å². The van der Waals surface area contributed by atoms with Crippen LogP contribution in [0, 0.1) is 0 Å². The molecule has 0 saturated carbocycles. The molecule has 0 saturated heterocycles. The maximum Gasteiger partial charge on any atom is 0.251 e. The number of hydrogen-bond acceptors (Lipinski definition) is 1. The lowest BCUT2D eigenvalue weighted by Crippen LogP contribution is -2.26. The van der Waals surface area contributed by atoms with Crippen LogP contribution in [0.25, 0.3) is 11.1 Å². The Labute approximate surface area is 132 Å². The molecule has 2 aromatic rings. The molecule has 2 nitrogen and oxygen atoms in total. The highest BCUT2D eigenvalue weighted by molar-refractivity contribution is 6.70. The largest absolute Gasteiger partial charge is 0.352 e. The molecule has 0 unspecified atom stereocenters. The number of benzene rings is 2. The molecule has 0 atom stereocenters. The summed E-state index contributed by atoms with van der Waals surface area (Å²) in [5.41, 5.74) is 2.85. The zero-order chi connectivity index (χ0) is 16.0. The third kappa shape index (κ3) is 5.11. The molecule has 0 bridgehead atoms. The number of rotatable bonds is 6. The number of amides is 1. The summed E-state index contributed by atoms with van der Waals surface area (Å²) in [5.74, 6) is -0.0991. The van der Waals surface area contributed by atoms with Gasteiger partial charge in [0.15, 0.2) is 0 Å². The van der Waals surface area contributed by atoms with E-state index in [0.717, 1.165) is 11.1 Å². The SMILES string of the molecule is C[Si](C)(F)CCCNC(=O)c1ccc(-c2ccccc2)cc1. The second-order valence-corrected chi connectivity index (χ2v) is 9.96. The lowest BCUT2D eigenvalue weighted by molar-refractivity contribution is 0.0953. The van der Waals surface area contributed by atoms with E-state index >= 15 is 0 Å². The van der Waals surface area contributed by atoms with Crippen molar-refractivity contribution in [2.75, 3.05) is 6.54 Å². The number of nitrogens with one attached hydrogen (secondary N) is 1. The molecule has 0 fully saturated rings. The zero-order valence-corrected chi connectivity index (χ0v) is 14.1. The minimum atomic E-state index is -2.50. The lowest BCUT2D eigenvalue weighted by atomic mass is 10.0. The Balaban J connectivity index is 1.89. The molecule has 0 aliphatic carbocycles. The van der Waals surface area contributed by atoms with Gasteiger partial charge in [0.25, 0.3) is 5.91 Å². The Morgan fingerprint density at radius 2 is 1.59 bits per heavy atom. The first kappa shape index (κ1) is 16.4. The van der Waals surface area contributed by atoms with Crippen molar-refractivity contribution in [2.45, 2.75) is 25.6 Å². The average molecular weight is 315 g/mol. The maximum atomic E-state index is 13.5. The molecule has 0 heterocycles. The van der Waals surface area contributed by atoms with Crippen molar-refractivity contribution in [1.82, 2.24) is 5.32 Å². The second kappa shape index (κ2) is 7.36. The molecule has 0 aromatic heterocycles. The van der Waals surface area contributed by atoms with E-state index in [1.807, 2.05) is 54.6 Å². The first-order valence-electron chi connectivity index (χ1n) is 7.58. The van der Waals surface area contributed by atoms with E-state index < -0.39 is 8.41 Å². The quantitative estimate of drug-likeness (QED) is 0.469. The van der Waals surface area contributed by atoms with Crippen molar-refractivity contribution in [2.24, 2.45) is 0 Å². The molecule has 116 valence electrons. The predicted molar refractivity (Wildman–Crippen MR) is 92.2 cm³/mol. The van der Waals surface area contributed by atoms with Gasteiger partial charge in [-0.15, -0.1) is 0 Å². The molecule has 4 heteroatoms. The summed E-state index contributed by atoms with van der Waals surface area (Å²) >= 11 is 0. The van der Waals surface area contributed by atoms with E-state index in [0.29, 0.717) is 24.6 Å². The van der Waals surface area contributed by atoms with Gasteiger partial charge < -0.3 is 9.42 Å². The van der Waals surface area contributed by atoms with Crippen LogP contribution >= 0.6 is 0 Å². The van der Waals surface area contributed by atoms with Gasteiger partial charge in [0.2, 0.25) is 8.41 Å². The van der Waals surface area contributed by atoms with E-state index in [1.165, 1.54) is 0 Å². The Morgan fingerprint density at radius 3 is 2.18 bits per heavy atom. The van der Waals surface area contributed by atoms with E-state index in [4.69, 9.17) is 0 Å². The van der Waals surface area contributed by atoms with Crippen LogP contribution in [0.3, 0.4) is 0 Å². The van der Waals surface area contributed by atoms with Crippen molar-refractivity contribution >= 4 is 14.3 Å². The summed E-state index contributed by atoms with van der Waals surface area (Å²) in [7, 11) is -2.50. The minimum Gasteiger partial charge on any atom is -0.352 e. The minimum absolute atomic E-state index is 0.0991. The van der Waals surface area contributed by atoms with Crippen molar-refractivity contribution in [1.29, 1.82) is 0 Å². The van der Waals surface area contributed by atoms with Gasteiger partial charge in [-0.05, 0) is 48.8 Å². The van der Waals surface area contributed by atoms with E-state index in [1.54, 1.807) is 13.1 Å². The summed E-state index contributed by atoms with van der Waals surface area (Å²) in [6, 6.07) is 18.2. The highest BCUT2D eigenvalue weighted by atomic mass is 28.4. The topological polar surface area (TPSA) is 29.1 Å². The molecule has 0 aliphatic rings. The van der Waals surface area contributed by atoms with Crippen LogP contribution in [0.1, 0.15) is 16.8 Å². The van der Waals surface area contributed by atoms with Gasteiger partial charge in [-0.25, -0.2) is 0 Å². The number of carbonyl (C=O) groups excluding carboxylic acids is 1. The third-order valence-electron chi connectivity index (χ3n) is 3.49. The molecule has 1 amide bonds. The van der Waals surface area contributed by atoms with Crippen LogP contribution in [0.2, 0.25) is 19.1 Å². The van der Waals surface area contributed by atoms with Gasteiger partial charge in [0, 0.05) is 12.1 Å². The van der Waals surface area contributed by atoms with Crippen LogP contribution in [-0.4, -0.2) is 20.9 Å². The summed E-state index contributed by atoms with van der Waals surface area (Å²) in [6.07, 6.45) is 0.698. The van der Waals surface area contributed by atoms with Gasteiger partial charge in [-0.1, -0.05) is 42.5 Å². The fourth-order valence-corrected chi connectivity index (χ4v) is 3.27. The van der Waals surface area contributed by atoms with Crippen molar-refractivity contribution in [3.8, 4) is 11.1 Å². The molecule has 2 aromatic carbocycles. The van der Waals surface area contributed by atoms with Crippen LogP contribution in [0.4, 0.5) is 4.11 Å². The zero-order valence-electron chi connectivity index (χ0n) is 13.1. The normalized spacial score (nSPS) is 11.2. The molecular weight excluding hydrogens is 293 g/mol. The van der Waals surface area contributed by atoms with Crippen molar-refractivity contribution in [3.63, 3.8) is 0 Å². The molecule has 22 heavy (non-hydrogen) atoms. The summed E-state index contributed by atoms with van der Waals surface area (Å²) < 4.78 is 13.5. The highest BCUT2D eigenvalue weighted by Gasteiger charge is 2.19. The lowest BCUT2D eigenvalue weighted by Gasteiger charge is -2.11. The first-order chi connectivity index (χ1) is 10.5. The smallest absolute Gasteiger partial charge is 0.251 e. The Bertz CT molecular complexity index is 605. The molecule has 0 radical (unpaired) electrons. The molecule has 0 aliphatic heterocycles. The van der Waals surface area contributed by atoms with Crippen molar-refractivity contribution in [3.05, 3.63) is 60.2 Å². The summed E-state index contributed by atoms with van der Waals surface area (Å²) in [4.78, 5) is 12.0. The number of halogens is 1. The Hall–Kier alpha value is -1.94. The number of carbonyl (C=O) groups is 1. The monoisotopic (exact) mass is 315 g/mol. The van der Waals surface area contributed by atoms with Gasteiger partial charge in [-0.2, -0.15) is 0 Å². The second-order valence-electron chi connectivity index (χ2n) is 6.02. The highest BCUT2D eigenvalue weighted by Crippen LogP contribution is 2.19. The Kier molecular flexibility index (Phi) is 5.50. The molecule has 2 rings (SSSR count). The van der Waals surface area contributed by atoms with Gasteiger partial charge in [-0.3, -0.25) is 4.79 Å². The van der Waals surface area contributed by atoms with Crippen molar-refractivity contribution < 1.29 is 8.90 Å². The Morgan fingerprint density at radius 1 is 1.00 bits per heavy atom. The van der Waals surface area contributed by atoms with Gasteiger partial charge in [0.1, 0.15) is 0 Å². The van der Waals surface area contributed by atoms with Gasteiger partial charge in [0.05, 0.1) is 0 Å². The van der Waals surface area contributed by atoms with Crippen LogP contribution < -0.4 is 5.32 Å². The standard InChI is InChI=1S/C18H22FNOSi/c1-22(2,19)14-6-13-20-18(21)17-11-9-16(10-12-17)15-7-4-3-5-8-15/h3-5,7-12H,6,13-14H2,1-2H3,(H,20,21). The molecular formula is C18H22FNOSi. The van der Waals surface area contributed by atoms with Crippen LogP contribution in [-0.2, 0) is 0 Å². The molecule has 1 N–H and O–H groups in total. The summed E-state index contributed by atoms with van der Waals surface area (Å²) in [5, 5.41) is 2.85. The predicted octanol–water partition coefficient (Wildman–Crippen LogP) is 4.65. The van der Waals surface area contributed by atoms with E-state index in [2.05, 4.69) is 5.32 Å². The fraction of sp³-hybridized carbons (Fsp3) is 0.278. The van der Waals surface area contributed by atoms with Crippen LogP contribution in [0.5, 0.6) is 0 Å².